The van der Waals surface area contributed by atoms with E-state index in [-0.39, 0.29) is 5.69 Å². The number of hydrazone groups is 1. The fraction of sp³-hybridized carbons (Fsp3) is 0. The van der Waals surface area contributed by atoms with Gasteiger partial charge >= 0.3 is 5.97 Å². The van der Waals surface area contributed by atoms with Crippen molar-refractivity contribution in [3.8, 4) is 5.75 Å². The third-order valence-corrected chi connectivity index (χ3v) is 3.62. The number of halogens is 1. The summed E-state index contributed by atoms with van der Waals surface area (Å²) >= 11 is 5.82. The Balaban J connectivity index is 1.69. The molecule has 0 bridgehead atoms. The third-order valence-electron chi connectivity index (χ3n) is 3.37. The van der Waals surface area contributed by atoms with Gasteiger partial charge in [-0.15, -0.1) is 0 Å². The Hall–Kier alpha value is -3.58. The Kier molecular flexibility index (Phi) is 5.86. The number of nitrogens with zero attached hydrogens (tertiary/aromatic N) is 3. The van der Waals surface area contributed by atoms with E-state index < -0.39 is 11.9 Å². The first-order valence-electron chi connectivity index (χ1n) is 7.79. The molecule has 27 heavy (non-hydrogen) atoms. The molecule has 1 N–H and O–H groups in total. The topological polar surface area (TPSA) is 93.5 Å². The highest BCUT2D eigenvalue weighted by atomic mass is 35.5. The maximum atomic E-state index is 12.2. The van der Waals surface area contributed by atoms with E-state index in [0.29, 0.717) is 21.9 Å². The number of hydrogen-bond donors (Lipinski definition) is 1. The van der Waals surface area contributed by atoms with Gasteiger partial charge in [0.15, 0.2) is 0 Å². The monoisotopic (exact) mass is 380 g/mol. The summed E-state index contributed by atoms with van der Waals surface area (Å²) in [4.78, 5) is 31.8. The summed E-state index contributed by atoms with van der Waals surface area (Å²) in [5, 5.41) is 4.39. The molecule has 0 fully saturated rings. The van der Waals surface area contributed by atoms with E-state index in [4.69, 9.17) is 16.3 Å². The number of rotatable bonds is 5. The summed E-state index contributed by atoms with van der Waals surface area (Å²) < 4.78 is 5.41. The van der Waals surface area contributed by atoms with Gasteiger partial charge in [0.1, 0.15) is 11.4 Å². The number of carbonyl (C=O) groups is 2. The summed E-state index contributed by atoms with van der Waals surface area (Å²) in [6.07, 6.45) is 5.57. The smallest absolute Gasteiger partial charge is 0.343 e. The lowest BCUT2D eigenvalue weighted by Gasteiger charge is -2.07. The van der Waals surface area contributed by atoms with Gasteiger partial charge in [-0.1, -0.05) is 23.7 Å². The fourth-order valence-corrected chi connectivity index (χ4v) is 2.18. The molecule has 0 aliphatic heterocycles. The first kappa shape index (κ1) is 18.2. The number of esters is 1. The number of ether oxygens (including phenoxy) is 1. The lowest BCUT2D eigenvalue weighted by molar-refractivity contribution is 0.0734. The Bertz CT molecular complexity index is 976. The molecule has 0 saturated heterocycles. The van der Waals surface area contributed by atoms with Gasteiger partial charge in [-0.2, -0.15) is 5.10 Å². The van der Waals surface area contributed by atoms with Crippen LogP contribution in [0.25, 0.3) is 0 Å². The minimum Gasteiger partial charge on any atom is -0.422 e. The lowest BCUT2D eigenvalue weighted by Crippen LogP contribution is -2.19. The molecule has 1 heterocycles. The van der Waals surface area contributed by atoms with E-state index >= 15 is 0 Å². The highest BCUT2D eigenvalue weighted by Crippen LogP contribution is 2.18. The molecule has 3 rings (SSSR count). The fourth-order valence-electron chi connectivity index (χ4n) is 2.06. The first-order valence-corrected chi connectivity index (χ1v) is 8.17. The Morgan fingerprint density at radius 1 is 1.07 bits per heavy atom. The highest BCUT2D eigenvalue weighted by Gasteiger charge is 2.11. The summed E-state index contributed by atoms with van der Waals surface area (Å²) in [5.41, 5.74) is 3.35. The summed E-state index contributed by atoms with van der Waals surface area (Å²) in [6, 6.07) is 13.2. The van der Waals surface area contributed by atoms with Crippen molar-refractivity contribution < 1.29 is 14.3 Å². The van der Waals surface area contributed by atoms with Crippen molar-refractivity contribution in [3.05, 3.63) is 89.0 Å². The van der Waals surface area contributed by atoms with Crippen molar-refractivity contribution in [2.75, 3.05) is 0 Å². The molecule has 0 aliphatic rings. The molecule has 0 atom stereocenters. The predicted octanol–water partition coefficient (Wildman–Crippen LogP) is 3.11. The molecule has 1 amide bonds. The molecule has 0 spiro atoms. The second-order valence-electron chi connectivity index (χ2n) is 5.22. The van der Waals surface area contributed by atoms with Crippen LogP contribution in [0.2, 0.25) is 5.02 Å². The van der Waals surface area contributed by atoms with Crippen LogP contribution in [-0.4, -0.2) is 28.1 Å². The van der Waals surface area contributed by atoms with Gasteiger partial charge in [0.05, 0.1) is 18.0 Å². The molecule has 1 aromatic heterocycles. The Morgan fingerprint density at radius 3 is 2.59 bits per heavy atom. The zero-order valence-corrected chi connectivity index (χ0v) is 14.6. The van der Waals surface area contributed by atoms with Gasteiger partial charge in [-0.25, -0.2) is 15.2 Å². The van der Waals surface area contributed by atoms with E-state index in [9.17, 15) is 9.59 Å². The normalized spacial score (nSPS) is 10.6. The van der Waals surface area contributed by atoms with Crippen LogP contribution in [-0.2, 0) is 0 Å². The standard InChI is InChI=1S/C19H13ClN4O3/c20-15-7-5-13(6-8-15)19(26)27-17-4-2-1-3-14(17)11-23-24-18(25)16-12-21-9-10-22-16/h1-12H,(H,24,25). The van der Waals surface area contributed by atoms with E-state index in [2.05, 4.69) is 20.5 Å². The van der Waals surface area contributed by atoms with Gasteiger partial charge in [0.25, 0.3) is 5.91 Å². The molecule has 0 aliphatic carbocycles. The molecular formula is C19H13ClN4O3. The quantitative estimate of drug-likeness (QED) is 0.317. The van der Waals surface area contributed by atoms with Crippen LogP contribution in [0.4, 0.5) is 0 Å². The summed E-state index contributed by atoms with van der Waals surface area (Å²) in [7, 11) is 0. The van der Waals surface area contributed by atoms with Crippen molar-refractivity contribution >= 4 is 29.7 Å². The van der Waals surface area contributed by atoms with Crippen molar-refractivity contribution in [3.63, 3.8) is 0 Å². The Labute approximate surface area is 159 Å². The number of nitrogens with one attached hydrogen (secondary N) is 1. The Morgan fingerprint density at radius 2 is 1.85 bits per heavy atom. The lowest BCUT2D eigenvalue weighted by atomic mass is 10.2. The third kappa shape index (κ3) is 4.96. The van der Waals surface area contributed by atoms with Gasteiger partial charge in [0, 0.05) is 23.0 Å². The SMILES string of the molecule is O=C(Oc1ccccc1C=NNC(=O)c1cnccn1)c1ccc(Cl)cc1. The molecule has 134 valence electrons. The number of carbonyl (C=O) groups excluding carboxylic acids is 2. The van der Waals surface area contributed by atoms with E-state index in [1.165, 1.54) is 24.8 Å². The van der Waals surface area contributed by atoms with Crippen molar-refractivity contribution in [1.82, 2.24) is 15.4 Å². The average molecular weight is 381 g/mol. The maximum absolute atomic E-state index is 12.2. The van der Waals surface area contributed by atoms with E-state index in [0.717, 1.165) is 0 Å². The second-order valence-corrected chi connectivity index (χ2v) is 5.66. The second kappa shape index (κ2) is 8.68. The molecule has 2 aromatic carbocycles. The largest absolute Gasteiger partial charge is 0.422 e. The molecule has 0 saturated carbocycles. The van der Waals surface area contributed by atoms with E-state index in [1.807, 2.05) is 0 Å². The minimum atomic E-state index is -0.531. The first-order chi connectivity index (χ1) is 13.1. The predicted molar refractivity (Wildman–Crippen MR) is 99.9 cm³/mol. The maximum Gasteiger partial charge on any atom is 0.343 e. The number of amides is 1. The van der Waals surface area contributed by atoms with Gasteiger partial charge in [-0.05, 0) is 36.4 Å². The van der Waals surface area contributed by atoms with Crippen LogP contribution in [0, 0.1) is 0 Å². The van der Waals surface area contributed by atoms with Crippen LogP contribution in [0.1, 0.15) is 26.4 Å². The summed E-state index contributed by atoms with van der Waals surface area (Å²) in [6.45, 7) is 0. The van der Waals surface area contributed by atoms with Gasteiger partial charge in [-0.3, -0.25) is 9.78 Å². The molecule has 0 unspecified atom stereocenters. The van der Waals surface area contributed by atoms with Gasteiger partial charge < -0.3 is 4.74 Å². The zero-order chi connectivity index (χ0) is 19.1. The molecule has 8 heteroatoms. The minimum absolute atomic E-state index is 0.136. The van der Waals surface area contributed by atoms with Crippen LogP contribution < -0.4 is 10.2 Å². The average Bonchev–Trinajstić information content (AvgIpc) is 2.70. The van der Waals surface area contributed by atoms with Crippen molar-refractivity contribution in [2.24, 2.45) is 5.10 Å². The van der Waals surface area contributed by atoms with Crippen molar-refractivity contribution in [2.45, 2.75) is 0 Å². The zero-order valence-electron chi connectivity index (χ0n) is 13.9. The van der Waals surface area contributed by atoms with Crippen LogP contribution >= 0.6 is 11.6 Å². The summed E-state index contributed by atoms with van der Waals surface area (Å²) in [5.74, 6) is -0.735. The number of hydrogen-bond acceptors (Lipinski definition) is 6. The van der Waals surface area contributed by atoms with Crippen LogP contribution in [0.15, 0.2) is 72.2 Å². The number of benzene rings is 2. The number of aromatic nitrogens is 2. The van der Waals surface area contributed by atoms with E-state index in [1.54, 1.807) is 48.5 Å². The highest BCUT2D eigenvalue weighted by molar-refractivity contribution is 6.30. The molecular weight excluding hydrogens is 368 g/mol. The molecule has 0 radical (unpaired) electrons. The molecule has 3 aromatic rings. The molecule has 7 nitrogen and oxygen atoms in total. The van der Waals surface area contributed by atoms with Crippen LogP contribution in [0.5, 0.6) is 5.75 Å². The number of para-hydroxylation sites is 1. The van der Waals surface area contributed by atoms with Gasteiger partial charge in [0.2, 0.25) is 0 Å². The van der Waals surface area contributed by atoms with Crippen molar-refractivity contribution in [1.29, 1.82) is 0 Å². The van der Waals surface area contributed by atoms with Crippen LogP contribution in [0.3, 0.4) is 0 Å².